The van der Waals surface area contributed by atoms with Crippen LogP contribution in [-0.4, -0.2) is 5.87 Å². The van der Waals surface area contributed by atoms with Crippen molar-refractivity contribution in [1.29, 1.82) is 0 Å². The van der Waals surface area contributed by atoms with Crippen molar-refractivity contribution in [2.24, 2.45) is 0 Å². The fourth-order valence-electron chi connectivity index (χ4n) is 0.453. The molecule has 0 aliphatic carbocycles. The van der Waals surface area contributed by atoms with Gasteiger partial charge in [0, 0.05) is 5.69 Å². The Morgan fingerprint density at radius 1 is 1.11 bits per heavy atom. The maximum absolute atomic E-state index is 5.36. The zero-order valence-electron chi connectivity index (χ0n) is 5.08. The van der Waals surface area contributed by atoms with E-state index in [9.17, 15) is 0 Å². The first-order valence-electron chi connectivity index (χ1n) is 2.49. The summed E-state index contributed by atoms with van der Waals surface area (Å²) >= 11 is 3.83. The van der Waals surface area contributed by atoms with E-state index < -0.39 is 0 Å². The van der Waals surface area contributed by atoms with E-state index in [2.05, 4.69) is 18.1 Å². The predicted octanol–water partition coefficient (Wildman–Crippen LogP) is 1.88. The van der Waals surface area contributed by atoms with Gasteiger partial charge in [-0.1, -0.05) is 30.4 Å². The summed E-state index contributed by atoms with van der Waals surface area (Å²) in [6.07, 6.45) is 0. The summed E-state index contributed by atoms with van der Waals surface area (Å²) in [4.78, 5) is 0. The standard InChI is InChI=1S/C6H7N.CH2S/c7-6-4-2-1-3-5-6;1-2/h1-5H,7H2;1H2. The van der Waals surface area contributed by atoms with Crippen LogP contribution in [0.15, 0.2) is 30.3 Å². The van der Waals surface area contributed by atoms with Gasteiger partial charge in [-0.25, -0.2) is 0 Å². The summed E-state index contributed by atoms with van der Waals surface area (Å²) in [6.45, 7) is 0. The molecular weight excluding hydrogens is 130 g/mol. The molecule has 1 aromatic rings. The van der Waals surface area contributed by atoms with E-state index in [0.717, 1.165) is 5.69 Å². The van der Waals surface area contributed by atoms with Crippen molar-refractivity contribution in [3.05, 3.63) is 30.3 Å². The number of thiocarbonyl (C=S) groups is 1. The Morgan fingerprint density at radius 2 is 1.56 bits per heavy atom. The van der Waals surface area contributed by atoms with E-state index in [1.54, 1.807) is 0 Å². The molecule has 0 aliphatic heterocycles. The molecule has 0 fully saturated rings. The van der Waals surface area contributed by atoms with Crippen LogP contribution in [0.3, 0.4) is 0 Å². The zero-order chi connectivity index (χ0) is 7.11. The third-order valence-corrected chi connectivity index (χ3v) is 0.800. The van der Waals surface area contributed by atoms with E-state index in [4.69, 9.17) is 5.73 Å². The van der Waals surface area contributed by atoms with Crippen molar-refractivity contribution in [2.75, 3.05) is 5.73 Å². The molecule has 0 atom stereocenters. The first-order chi connectivity index (χ1) is 4.39. The lowest BCUT2D eigenvalue weighted by molar-refractivity contribution is 1.69. The van der Waals surface area contributed by atoms with Crippen molar-refractivity contribution in [1.82, 2.24) is 0 Å². The fraction of sp³-hybridized carbons (Fsp3) is 0. The highest BCUT2D eigenvalue weighted by atomic mass is 32.1. The Labute approximate surface area is 60.5 Å². The van der Waals surface area contributed by atoms with Gasteiger partial charge in [0.25, 0.3) is 0 Å². The highest BCUT2D eigenvalue weighted by Crippen LogP contribution is 1.95. The molecule has 0 unspecified atom stereocenters. The zero-order valence-corrected chi connectivity index (χ0v) is 5.90. The van der Waals surface area contributed by atoms with Gasteiger partial charge in [0.2, 0.25) is 0 Å². The SMILES string of the molecule is C=S.Nc1ccccc1. The van der Waals surface area contributed by atoms with Crippen molar-refractivity contribution in [2.45, 2.75) is 0 Å². The second-order valence-electron chi connectivity index (χ2n) is 1.41. The van der Waals surface area contributed by atoms with Crippen molar-refractivity contribution in [3.8, 4) is 0 Å². The minimum atomic E-state index is 0.822. The molecule has 0 radical (unpaired) electrons. The average molecular weight is 139 g/mol. The molecule has 9 heavy (non-hydrogen) atoms. The lowest BCUT2D eigenvalue weighted by Crippen LogP contribution is -1.79. The van der Waals surface area contributed by atoms with Crippen LogP contribution in [0.2, 0.25) is 0 Å². The number of nitrogen functional groups attached to an aromatic ring is 1. The topological polar surface area (TPSA) is 26.0 Å². The van der Waals surface area contributed by atoms with Crippen molar-refractivity contribution < 1.29 is 0 Å². The van der Waals surface area contributed by atoms with Gasteiger partial charge in [-0.05, 0) is 18.0 Å². The number of benzene rings is 1. The van der Waals surface area contributed by atoms with Crippen LogP contribution in [0.5, 0.6) is 0 Å². The number of para-hydroxylation sites is 1. The molecule has 0 saturated carbocycles. The molecule has 0 amide bonds. The minimum Gasteiger partial charge on any atom is -0.399 e. The number of hydrogen-bond donors (Lipinski definition) is 1. The summed E-state index contributed by atoms with van der Waals surface area (Å²) in [5, 5.41) is 0. The lowest BCUT2D eigenvalue weighted by Gasteiger charge is -1.83. The Morgan fingerprint density at radius 3 is 1.78 bits per heavy atom. The molecular formula is C7H9NS. The van der Waals surface area contributed by atoms with Crippen LogP contribution in [0.4, 0.5) is 5.69 Å². The number of hydrogen-bond acceptors (Lipinski definition) is 2. The van der Waals surface area contributed by atoms with Gasteiger partial charge < -0.3 is 5.73 Å². The van der Waals surface area contributed by atoms with Crippen LogP contribution >= 0.6 is 12.2 Å². The number of anilines is 1. The first-order valence-corrected chi connectivity index (χ1v) is 3.07. The highest BCUT2D eigenvalue weighted by Gasteiger charge is 1.72. The molecule has 48 valence electrons. The van der Waals surface area contributed by atoms with Gasteiger partial charge in [-0.15, -0.1) is 0 Å². The van der Waals surface area contributed by atoms with E-state index in [1.165, 1.54) is 0 Å². The van der Waals surface area contributed by atoms with Crippen LogP contribution in [0.1, 0.15) is 0 Å². The lowest BCUT2D eigenvalue weighted by atomic mass is 10.3. The Hall–Kier alpha value is -0.890. The predicted molar refractivity (Wildman–Crippen MR) is 45.6 cm³/mol. The molecule has 0 bridgehead atoms. The molecule has 0 heterocycles. The third kappa shape index (κ3) is 3.67. The molecule has 0 aromatic heterocycles. The minimum absolute atomic E-state index is 0.822. The smallest absolute Gasteiger partial charge is 0.0313 e. The maximum atomic E-state index is 5.36. The average Bonchev–Trinajstić information content (AvgIpc) is 1.94. The Balaban J connectivity index is 0.000000291. The summed E-state index contributed by atoms with van der Waals surface area (Å²) < 4.78 is 0. The second-order valence-corrected chi connectivity index (χ2v) is 1.41. The second kappa shape index (κ2) is 5.25. The molecule has 2 N–H and O–H groups in total. The summed E-state index contributed by atoms with van der Waals surface area (Å²) in [6, 6.07) is 9.49. The highest BCUT2D eigenvalue weighted by molar-refractivity contribution is 7.77. The van der Waals surface area contributed by atoms with Crippen molar-refractivity contribution >= 4 is 23.8 Å². The first kappa shape index (κ1) is 8.11. The van der Waals surface area contributed by atoms with E-state index in [0.29, 0.717) is 0 Å². The normalized spacial score (nSPS) is 7.11. The largest absolute Gasteiger partial charge is 0.399 e. The Bertz CT molecular complexity index is 150. The monoisotopic (exact) mass is 139 g/mol. The van der Waals surface area contributed by atoms with Crippen LogP contribution in [0.25, 0.3) is 0 Å². The maximum Gasteiger partial charge on any atom is 0.0313 e. The molecule has 1 aromatic carbocycles. The molecule has 0 saturated heterocycles. The van der Waals surface area contributed by atoms with Crippen LogP contribution in [0, 0.1) is 0 Å². The summed E-state index contributed by atoms with van der Waals surface area (Å²) in [5.74, 6) is 2.83. The Kier molecular flexibility index (Phi) is 4.73. The summed E-state index contributed by atoms with van der Waals surface area (Å²) in [5.41, 5.74) is 6.18. The van der Waals surface area contributed by atoms with E-state index in [1.807, 2.05) is 30.3 Å². The number of rotatable bonds is 0. The van der Waals surface area contributed by atoms with Gasteiger partial charge >= 0.3 is 0 Å². The van der Waals surface area contributed by atoms with Gasteiger partial charge in [0.15, 0.2) is 0 Å². The van der Waals surface area contributed by atoms with Gasteiger partial charge in [-0.3, -0.25) is 0 Å². The fourth-order valence-corrected chi connectivity index (χ4v) is 0.453. The number of nitrogens with two attached hydrogens (primary N) is 1. The summed E-state index contributed by atoms with van der Waals surface area (Å²) in [7, 11) is 0. The molecule has 2 heteroatoms. The van der Waals surface area contributed by atoms with E-state index >= 15 is 0 Å². The molecule has 0 spiro atoms. The quantitative estimate of drug-likeness (QED) is 0.438. The van der Waals surface area contributed by atoms with E-state index in [-0.39, 0.29) is 0 Å². The van der Waals surface area contributed by atoms with Crippen LogP contribution < -0.4 is 5.73 Å². The van der Waals surface area contributed by atoms with Gasteiger partial charge in [-0.2, -0.15) is 0 Å². The van der Waals surface area contributed by atoms with Gasteiger partial charge in [0.05, 0.1) is 0 Å². The van der Waals surface area contributed by atoms with Crippen molar-refractivity contribution in [3.63, 3.8) is 0 Å². The van der Waals surface area contributed by atoms with Gasteiger partial charge in [0.1, 0.15) is 0 Å². The van der Waals surface area contributed by atoms with Crippen LogP contribution in [-0.2, 0) is 0 Å². The molecule has 1 nitrogen and oxygen atoms in total. The third-order valence-electron chi connectivity index (χ3n) is 0.800. The molecule has 0 aliphatic rings. The molecule has 1 rings (SSSR count).